The number of aromatic nitrogens is 1. The van der Waals surface area contributed by atoms with Crippen molar-refractivity contribution in [2.45, 2.75) is 25.0 Å². The van der Waals surface area contributed by atoms with E-state index in [4.69, 9.17) is 10.5 Å². The first-order valence-corrected chi connectivity index (χ1v) is 7.30. The SMILES string of the molecule is COCC1(O)CCN(c2ccc(N)nc2CN(C)C)CC1. The molecule has 0 spiro atoms. The van der Waals surface area contributed by atoms with Gasteiger partial charge in [-0.3, -0.25) is 0 Å². The molecule has 0 unspecified atom stereocenters. The molecule has 0 atom stereocenters. The van der Waals surface area contributed by atoms with E-state index in [2.05, 4.69) is 14.8 Å². The third kappa shape index (κ3) is 4.06. The Labute approximate surface area is 126 Å². The second-order valence-electron chi connectivity index (χ2n) is 6.08. The van der Waals surface area contributed by atoms with Gasteiger partial charge in [-0.2, -0.15) is 0 Å². The summed E-state index contributed by atoms with van der Waals surface area (Å²) in [5.74, 6) is 0.545. The van der Waals surface area contributed by atoms with E-state index >= 15 is 0 Å². The number of aliphatic hydroxyl groups is 1. The molecule has 6 nitrogen and oxygen atoms in total. The molecule has 0 aromatic carbocycles. The van der Waals surface area contributed by atoms with E-state index in [0.717, 1.165) is 31.0 Å². The molecule has 1 aliphatic rings. The van der Waals surface area contributed by atoms with Gasteiger partial charge in [0.15, 0.2) is 0 Å². The van der Waals surface area contributed by atoms with Crippen molar-refractivity contribution in [2.75, 3.05) is 51.5 Å². The number of anilines is 2. The predicted molar refractivity (Wildman–Crippen MR) is 84.3 cm³/mol. The Hall–Kier alpha value is -1.37. The lowest BCUT2D eigenvalue weighted by molar-refractivity contribution is -0.0472. The number of methoxy groups -OCH3 is 1. The maximum Gasteiger partial charge on any atom is 0.123 e. The van der Waals surface area contributed by atoms with E-state index in [1.165, 1.54) is 0 Å². The summed E-state index contributed by atoms with van der Waals surface area (Å²) in [6.45, 7) is 2.74. The molecule has 2 heterocycles. The third-order valence-electron chi connectivity index (χ3n) is 3.89. The topological polar surface area (TPSA) is 74.8 Å². The monoisotopic (exact) mass is 294 g/mol. The van der Waals surface area contributed by atoms with Crippen molar-refractivity contribution in [3.05, 3.63) is 17.8 Å². The largest absolute Gasteiger partial charge is 0.387 e. The summed E-state index contributed by atoms with van der Waals surface area (Å²) in [4.78, 5) is 8.82. The number of nitrogens with two attached hydrogens (primary N) is 1. The smallest absolute Gasteiger partial charge is 0.123 e. The number of rotatable bonds is 5. The van der Waals surface area contributed by atoms with Crippen molar-refractivity contribution in [1.82, 2.24) is 9.88 Å². The summed E-state index contributed by atoms with van der Waals surface area (Å²) in [6.07, 6.45) is 1.40. The van der Waals surface area contributed by atoms with Gasteiger partial charge in [0.25, 0.3) is 0 Å². The summed E-state index contributed by atoms with van der Waals surface area (Å²) in [7, 11) is 5.66. The zero-order chi connectivity index (χ0) is 15.5. The number of nitrogen functional groups attached to an aromatic ring is 1. The van der Waals surface area contributed by atoms with Gasteiger partial charge in [-0.15, -0.1) is 0 Å². The quantitative estimate of drug-likeness (QED) is 0.833. The van der Waals surface area contributed by atoms with Crippen LogP contribution >= 0.6 is 0 Å². The number of pyridine rings is 1. The van der Waals surface area contributed by atoms with Crippen LogP contribution in [0.25, 0.3) is 0 Å². The maximum atomic E-state index is 10.4. The van der Waals surface area contributed by atoms with Crippen LogP contribution in [0.2, 0.25) is 0 Å². The van der Waals surface area contributed by atoms with E-state index in [1.807, 2.05) is 26.2 Å². The van der Waals surface area contributed by atoms with Crippen LogP contribution in [0.4, 0.5) is 11.5 Å². The molecule has 3 N–H and O–H groups in total. The Balaban J connectivity index is 2.12. The highest BCUT2D eigenvalue weighted by Crippen LogP contribution is 2.29. The molecule has 118 valence electrons. The number of ether oxygens (including phenoxy) is 1. The minimum absolute atomic E-state index is 0.394. The molecule has 2 rings (SSSR count). The number of hydrogen-bond acceptors (Lipinski definition) is 6. The summed E-state index contributed by atoms with van der Waals surface area (Å²) in [5.41, 5.74) is 7.20. The average Bonchev–Trinajstić information content (AvgIpc) is 2.40. The van der Waals surface area contributed by atoms with Crippen LogP contribution in [0.3, 0.4) is 0 Å². The molecule has 1 fully saturated rings. The lowest BCUT2D eigenvalue weighted by atomic mass is 9.92. The van der Waals surface area contributed by atoms with Crippen molar-refractivity contribution in [2.24, 2.45) is 0 Å². The highest BCUT2D eigenvalue weighted by atomic mass is 16.5. The molecule has 1 aromatic heterocycles. The van der Waals surface area contributed by atoms with Crippen LogP contribution in [-0.4, -0.2) is 61.5 Å². The maximum absolute atomic E-state index is 10.4. The van der Waals surface area contributed by atoms with Crippen LogP contribution in [-0.2, 0) is 11.3 Å². The number of nitrogens with zero attached hydrogens (tertiary/aromatic N) is 3. The van der Waals surface area contributed by atoms with Gasteiger partial charge in [0.05, 0.1) is 23.6 Å². The number of piperidine rings is 1. The zero-order valence-electron chi connectivity index (χ0n) is 13.2. The van der Waals surface area contributed by atoms with Crippen LogP contribution in [0.5, 0.6) is 0 Å². The molecule has 0 amide bonds. The van der Waals surface area contributed by atoms with Crippen LogP contribution in [0.15, 0.2) is 12.1 Å². The molecular weight excluding hydrogens is 268 g/mol. The minimum Gasteiger partial charge on any atom is -0.387 e. The molecule has 1 aromatic rings. The van der Waals surface area contributed by atoms with Gasteiger partial charge in [-0.25, -0.2) is 4.98 Å². The summed E-state index contributed by atoms with van der Waals surface area (Å²) in [5, 5.41) is 10.4. The molecule has 0 saturated carbocycles. The lowest BCUT2D eigenvalue weighted by Crippen LogP contribution is -2.47. The third-order valence-corrected chi connectivity index (χ3v) is 3.89. The molecule has 0 radical (unpaired) electrons. The van der Waals surface area contributed by atoms with E-state index in [9.17, 15) is 5.11 Å². The van der Waals surface area contributed by atoms with E-state index < -0.39 is 5.60 Å². The van der Waals surface area contributed by atoms with Crippen LogP contribution in [0, 0.1) is 0 Å². The average molecular weight is 294 g/mol. The van der Waals surface area contributed by atoms with Gasteiger partial charge in [0.1, 0.15) is 5.82 Å². The van der Waals surface area contributed by atoms with Gasteiger partial charge >= 0.3 is 0 Å². The van der Waals surface area contributed by atoms with Crippen molar-refractivity contribution >= 4 is 11.5 Å². The zero-order valence-corrected chi connectivity index (χ0v) is 13.2. The van der Waals surface area contributed by atoms with Gasteiger partial charge in [-0.1, -0.05) is 0 Å². The Morgan fingerprint density at radius 3 is 2.62 bits per heavy atom. The fraction of sp³-hybridized carbons (Fsp3) is 0.667. The number of hydrogen-bond donors (Lipinski definition) is 2. The first-order chi connectivity index (χ1) is 9.93. The molecule has 0 bridgehead atoms. The van der Waals surface area contributed by atoms with E-state index in [0.29, 0.717) is 25.3 Å². The van der Waals surface area contributed by atoms with E-state index in [1.54, 1.807) is 7.11 Å². The highest BCUT2D eigenvalue weighted by Gasteiger charge is 2.33. The Kier molecular flexibility index (Phi) is 5.03. The van der Waals surface area contributed by atoms with E-state index in [-0.39, 0.29) is 0 Å². The van der Waals surface area contributed by atoms with Crippen LogP contribution in [0.1, 0.15) is 18.5 Å². The summed E-state index contributed by atoms with van der Waals surface area (Å²) in [6, 6.07) is 3.87. The molecule has 1 saturated heterocycles. The minimum atomic E-state index is -0.700. The lowest BCUT2D eigenvalue weighted by Gasteiger charge is -2.39. The van der Waals surface area contributed by atoms with Gasteiger partial charge in [0.2, 0.25) is 0 Å². The molecule has 21 heavy (non-hydrogen) atoms. The van der Waals surface area contributed by atoms with Gasteiger partial charge in [-0.05, 0) is 39.1 Å². The van der Waals surface area contributed by atoms with Crippen molar-refractivity contribution in [3.8, 4) is 0 Å². The molecule has 6 heteroatoms. The Morgan fingerprint density at radius 1 is 1.38 bits per heavy atom. The van der Waals surface area contributed by atoms with Crippen molar-refractivity contribution < 1.29 is 9.84 Å². The fourth-order valence-corrected chi connectivity index (χ4v) is 2.79. The second-order valence-corrected chi connectivity index (χ2v) is 6.08. The molecular formula is C15H26N4O2. The standard InChI is InChI=1S/C15H26N4O2/c1-18(2)10-12-13(4-5-14(16)17-12)19-8-6-15(20,7-9-19)11-21-3/h4-5,20H,6-11H2,1-3H3,(H2,16,17). The van der Waals surface area contributed by atoms with Gasteiger partial charge in [0, 0.05) is 26.7 Å². The Bertz CT molecular complexity index is 471. The first kappa shape index (κ1) is 16.0. The highest BCUT2D eigenvalue weighted by molar-refractivity contribution is 5.54. The molecule has 1 aliphatic heterocycles. The normalized spacial score (nSPS) is 18.2. The molecule has 0 aliphatic carbocycles. The van der Waals surface area contributed by atoms with Crippen LogP contribution < -0.4 is 10.6 Å². The first-order valence-electron chi connectivity index (χ1n) is 7.30. The summed E-state index contributed by atoms with van der Waals surface area (Å²) >= 11 is 0. The van der Waals surface area contributed by atoms with Crippen molar-refractivity contribution in [1.29, 1.82) is 0 Å². The predicted octanol–water partition coefficient (Wildman–Crippen LogP) is 0.703. The second kappa shape index (κ2) is 6.60. The summed E-state index contributed by atoms with van der Waals surface area (Å²) < 4.78 is 5.11. The Morgan fingerprint density at radius 2 is 2.05 bits per heavy atom. The fourth-order valence-electron chi connectivity index (χ4n) is 2.79. The van der Waals surface area contributed by atoms with Crippen molar-refractivity contribution in [3.63, 3.8) is 0 Å². The van der Waals surface area contributed by atoms with Gasteiger partial charge < -0.3 is 25.4 Å².